The number of hydrogen-bond donors (Lipinski definition) is 1. The lowest BCUT2D eigenvalue weighted by atomic mass is 10.1. The Labute approximate surface area is 112 Å². The molecule has 1 aromatic heterocycles. The van der Waals surface area contributed by atoms with Gasteiger partial charge in [0.05, 0.1) is 11.0 Å². The van der Waals surface area contributed by atoms with Crippen LogP contribution in [0, 0.1) is 20.8 Å². The molecule has 0 aliphatic rings. The van der Waals surface area contributed by atoms with E-state index in [1.54, 1.807) is 0 Å². The summed E-state index contributed by atoms with van der Waals surface area (Å²) in [5.74, 6) is 0.533. The van der Waals surface area contributed by atoms with Crippen LogP contribution < -0.4 is 5.73 Å². The van der Waals surface area contributed by atoms with Gasteiger partial charge in [0.2, 0.25) is 5.95 Å². The van der Waals surface area contributed by atoms with Gasteiger partial charge in [0.25, 0.3) is 0 Å². The molecule has 0 aliphatic heterocycles. The Hall–Kier alpha value is -2.29. The predicted octanol–water partition coefficient (Wildman–Crippen LogP) is 3.53. The van der Waals surface area contributed by atoms with Crippen LogP contribution in [-0.2, 0) is 0 Å². The van der Waals surface area contributed by atoms with Crippen molar-refractivity contribution in [1.29, 1.82) is 0 Å². The highest BCUT2D eigenvalue weighted by Crippen LogP contribution is 2.25. The molecule has 3 nitrogen and oxygen atoms in total. The van der Waals surface area contributed by atoms with E-state index in [9.17, 15) is 0 Å². The Kier molecular flexibility index (Phi) is 2.56. The van der Waals surface area contributed by atoms with E-state index in [0.717, 1.165) is 16.7 Å². The first kappa shape index (κ1) is 11.8. The number of fused-ring (bicyclic) bond motifs is 1. The van der Waals surface area contributed by atoms with Gasteiger partial charge in [-0.25, -0.2) is 4.98 Å². The fourth-order valence-electron chi connectivity index (χ4n) is 2.56. The third-order valence-corrected chi connectivity index (χ3v) is 3.30. The van der Waals surface area contributed by atoms with Crippen molar-refractivity contribution in [3.05, 3.63) is 53.1 Å². The van der Waals surface area contributed by atoms with Gasteiger partial charge in [-0.15, -0.1) is 0 Å². The van der Waals surface area contributed by atoms with Gasteiger partial charge in [0.1, 0.15) is 0 Å². The molecule has 0 fully saturated rings. The molecular formula is C16H17N3. The average Bonchev–Trinajstić information content (AvgIpc) is 2.62. The molecule has 3 aromatic rings. The summed E-state index contributed by atoms with van der Waals surface area (Å²) in [7, 11) is 0. The second-order valence-electron chi connectivity index (χ2n) is 5.14. The van der Waals surface area contributed by atoms with Gasteiger partial charge in [-0.3, -0.25) is 4.57 Å². The molecule has 19 heavy (non-hydrogen) atoms. The third kappa shape index (κ3) is 1.97. The molecule has 0 atom stereocenters. The Morgan fingerprint density at radius 3 is 2.26 bits per heavy atom. The van der Waals surface area contributed by atoms with Crippen molar-refractivity contribution < 1.29 is 0 Å². The minimum atomic E-state index is 0.533. The predicted molar refractivity (Wildman–Crippen MR) is 79.7 cm³/mol. The quantitative estimate of drug-likeness (QED) is 0.719. The highest BCUT2D eigenvalue weighted by molar-refractivity contribution is 5.81. The number of aryl methyl sites for hydroxylation is 3. The van der Waals surface area contributed by atoms with E-state index < -0.39 is 0 Å². The van der Waals surface area contributed by atoms with Gasteiger partial charge in [-0.2, -0.15) is 0 Å². The fourth-order valence-corrected chi connectivity index (χ4v) is 2.56. The van der Waals surface area contributed by atoms with E-state index in [1.807, 2.05) is 4.57 Å². The molecule has 1 heterocycles. The standard InChI is InChI=1S/C16H17N3/c1-10-4-5-15-14(9-10)18-16(17)19(15)13-7-11(2)6-12(3)8-13/h4-9H,1-3H3,(H2,17,18). The number of rotatable bonds is 1. The first-order chi connectivity index (χ1) is 9.04. The van der Waals surface area contributed by atoms with Gasteiger partial charge in [-0.1, -0.05) is 12.1 Å². The third-order valence-electron chi connectivity index (χ3n) is 3.30. The van der Waals surface area contributed by atoms with Crippen LogP contribution >= 0.6 is 0 Å². The average molecular weight is 251 g/mol. The number of aromatic nitrogens is 2. The Bertz CT molecular complexity index is 749. The van der Waals surface area contributed by atoms with Crippen LogP contribution in [0.25, 0.3) is 16.7 Å². The number of nitrogens with two attached hydrogens (primary N) is 1. The van der Waals surface area contributed by atoms with Gasteiger partial charge in [0.15, 0.2) is 0 Å². The first-order valence-corrected chi connectivity index (χ1v) is 6.38. The molecule has 96 valence electrons. The summed E-state index contributed by atoms with van der Waals surface area (Å²) < 4.78 is 2.01. The van der Waals surface area contributed by atoms with Crippen LogP contribution in [0.1, 0.15) is 16.7 Å². The monoisotopic (exact) mass is 251 g/mol. The number of imidazole rings is 1. The van der Waals surface area contributed by atoms with E-state index in [2.05, 4.69) is 62.2 Å². The topological polar surface area (TPSA) is 43.8 Å². The molecule has 0 saturated carbocycles. The Morgan fingerprint density at radius 2 is 1.58 bits per heavy atom. The number of nitrogens with zero attached hydrogens (tertiary/aromatic N) is 2. The van der Waals surface area contributed by atoms with Crippen LogP contribution in [0.15, 0.2) is 36.4 Å². The van der Waals surface area contributed by atoms with Crippen molar-refractivity contribution in [3.63, 3.8) is 0 Å². The summed E-state index contributed by atoms with van der Waals surface area (Å²) >= 11 is 0. The van der Waals surface area contributed by atoms with Crippen LogP contribution in [0.4, 0.5) is 5.95 Å². The summed E-state index contributed by atoms with van der Waals surface area (Å²) in [6, 6.07) is 12.6. The zero-order valence-corrected chi connectivity index (χ0v) is 11.4. The minimum Gasteiger partial charge on any atom is -0.369 e. The highest BCUT2D eigenvalue weighted by Gasteiger charge is 2.10. The van der Waals surface area contributed by atoms with Gasteiger partial charge in [-0.05, 0) is 61.7 Å². The number of hydrogen-bond acceptors (Lipinski definition) is 2. The second kappa shape index (κ2) is 4.12. The summed E-state index contributed by atoms with van der Waals surface area (Å²) in [5, 5.41) is 0. The molecule has 0 unspecified atom stereocenters. The molecule has 0 aliphatic carbocycles. The smallest absolute Gasteiger partial charge is 0.205 e. The molecular weight excluding hydrogens is 234 g/mol. The number of nitrogen functional groups attached to an aromatic ring is 1. The van der Waals surface area contributed by atoms with Crippen LogP contribution in [0.3, 0.4) is 0 Å². The maximum Gasteiger partial charge on any atom is 0.205 e. The summed E-state index contributed by atoms with van der Waals surface area (Å²) in [5.41, 5.74) is 12.8. The van der Waals surface area contributed by atoms with Crippen molar-refractivity contribution in [2.45, 2.75) is 20.8 Å². The normalized spacial score (nSPS) is 11.1. The first-order valence-electron chi connectivity index (χ1n) is 6.38. The zero-order chi connectivity index (χ0) is 13.6. The maximum absolute atomic E-state index is 6.09. The Balaban J connectivity index is 2.32. The van der Waals surface area contributed by atoms with Crippen molar-refractivity contribution in [3.8, 4) is 5.69 Å². The van der Waals surface area contributed by atoms with Crippen molar-refractivity contribution >= 4 is 17.0 Å². The van der Waals surface area contributed by atoms with Crippen molar-refractivity contribution in [2.75, 3.05) is 5.73 Å². The molecule has 0 saturated heterocycles. The number of benzene rings is 2. The van der Waals surface area contributed by atoms with E-state index in [4.69, 9.17) is 5.73 Å². The van der Waals surface area contributed by atoms with Crippen LogP contribution in [-0.4, -0.2) is 9.55 Å². The summed E-state index contributed by atoms with van der Waals surface area (Å²) in [4.78, 5) is 4.45. The molecule has 0 bridgehead atoms. The lowest BCUT2D eigenvalue weighted by Crippen LogP contribution is -2.01. The van der Waals surface area contributed by atoms with Crippen molar-refractivity contribution in [1.82, 2.24) is 9.55 Å². The van der Waals surface area contributed by atoms with E-state index in [0.29, 0.717) is 5.95 Å². The molecule has 0 radical (unpaired) electrons. The Morgan fingerprint density at radius 1 is 0.895 bits per heavy atom. The lowest BCUT2D eigenvalue weighted by molar-refractivity contribution is 1.10. The highest BCUT2D eigenvalue weighted by atomic mass is 15.2. The van der Waals surface area contributed by atoms with E-state index >= 15 is 0 Å². The van der Waals surface area contributed by atoms with Gasteiger partial charge >= 0.3 is 0 Å². The second-order valence-corrected chi connectivity index (χ2v) is 5.14. The molecule has 2 aromatic carbocycles. The SMILES string of the molecule is Cc1cc(C)cc(-n2c(N)nc3cc(C)ccc32)c1. The molecule has 3 rings (SSSR count). The van der Waals surface area contributed by atoms with Gasteiger partial charge in [0, 0.05) is 5.69 Å². The molecule has 0 spiro atoms. The summed E-state index contributed by atoms with van der Waals surface area (Å²) in [6.45, 7) is 6.25. The zero-order valence-electron chi connectivity index (χ0n) is 11.4. The van der Waals surface area contributed by atoms with Gasteiger partial charge < -0.3 is 5.73 Å². The van der Waals surface area contributed by atoms with Crippen LogP contribution in [0.2, 0.25) is 0 Å². The summed E-state index contributed by atoms with van der Waals surface area (Å²) in [6.07, 6.45) is 0. The molecule has 3 heteroatoms. The largest absolute Gasteiger partial charge is 0.369 e. The maximum atomic E-state index is 6.09. The number of anilines is 1. The van der Waals surface area contributed by atoms with E-state index in [1.165, 1.54) is 16.7 Å². The van der Waals surface area contributed by atoms with Crippen molar-refractivity contribution in [2.24, 2.45) is 0 Å². The molecule has 0 amide bonds. The molecule has 2 N–H and O–H groups in total. The minimum absolute atomic E-state index is 0.533. The van der Waals surface area contributed by atoms with Crippen LogP contribution in [0.5, 0.6) is 0 Å². The fraction of sp³-hybridized carbons (Fsp3) is 0.188. The lowest BCUT2D eigenvalue weighted by Gasteiger charge is -2.09. The van der Waals surface area contributed by atoms with E-state index in [-0.39, 0.29) is 0 Å².